The fourth-order valence-electron chi connectivity index (χ4n) is 16.8. The van der Waals surface area contributed by atoms with Crippen LogP contribution in [0.2, 0.25) is 0 Å². The second kappa shape index (κ2) is 32.2. The van der Waals surface area contributed by atoms with Gasteiger partial charge in [0, 0.05) is 102 Å². The molecule has 124 heavy (non-hydrogen) atoms. The molecule has 5 aromatic carbocycles. The Balaban J connectivity index is 0.000000115. The maximum atomic E-state index is 14.7. The van der Waals surface area contributed by atoms with E-state index >= 15 is 0 Å². The van der Waals surface area contributed by atoms with Gasteiger partial charge in [0.2, 0.25) is 86.8 Å². The number of aryl methyl sites for hydroxylation is 22. The van der Waals surface area contributed by atoms with Gasteiger partial charge >= 0.3 is 0 Å². The molecule has 0 bridgehead atoms. The number of nitrogens with zero attached hydrogens (tertiary/aromatic N) is 10. The molecule has 0 radical (unpaired) electrons. The first kappa shape index (κ1) is 83.7. The first-order valence-electron chi connectivity index (χ1n) is 40.6. The maximum absolute atomic E-state index is 14.7. The van der Waals surface area contributed by atoms with Gasteiger partial charge in [-0.05, 0) is 221 Å². The number of benzene rings is 5. The van der Waals surface area contributed by atoms with E-state index in [4.69, 9.17) is 22.1 Å². The van der Waals surface area contributed by atoms with Crippen LogP contribution in [0.1, 0.15) is 94.6 Å². The van der Waals surface area contributed by atoms with E-state index in [1.807, 2.05) is 129 Å². The Labute approximate surface area is 710 Å². The molecule has 22 heteroatoms. The molecule has 0 fully saturated rings. The summed E-state index contributed by atoms with van der Waals surface area (Å²) in [6, 6.07) is 38.0. The van der Waals surface area contributed by atoms with Crippen LogP contribution in [0.5, 0.6) is 0 Å². The third-order valence-electron chi connectivity index (χ3n) is 24.1. The second-order valence-electron chi connectivity index (χ2n) is 33.0. The molecular weight excluding hydrogens is 1580 g/mol. The van der Waals surface area contributed by atoms with Crippen molar-refractivity contribution in [2.45, 2.75) is 118 Å². The summed E-state index contributed by atoms with van der Waals surface area (Å²) in [6.07, 6.45) is 10.4. The van der Waals surface area contributed by atoms with Gasteiger partial charge < -0.3 is 22.1 Å². The monoisotopic (exact) mass is 1670 g/mol. The van der Waals surface area contributed by atoms with Crippen LogP contribution in [-0.4, -0.2) is 24.9 Å². The van der Waals surface area contributed by atoms with E-state index in [9.17, 15) is 30.7 Å². The SMILES string of the molecule is Cc1cc(-c2c(C)cc(F)c3c2oc2nc(F)ccc23)[n+](C)cc1C.Cc1cc(-c2c(C)ccc3c2oc2nc(F)c(C)cc23)[n+](C)cc1C.Cc1cc(-c2c(C)ccc3c2oc2nc(F)cc(C)c23)[n+](C)cc1C.Cc1cc(-c2c(C)ccc3c2oc2nc(F)cc(F)c23)[n+](C)cc1C.Cc1cc(-c2c(C)ccc3c2oc2nc(F)ccc23)[n+](C)cc1C. The molecule has 0 aliphatic heterocycles. The highest BCUT2D eigenvalue weighted by atomic mass is 19.2. The van der Waals surface area contributed by atoms with Crippen LogP contribution in [0.15, 0.2) is 180 Å². The lowest BCUT2D eigenvalue weighted by Crippen LogP contribution is -2.31. The fraction of sp³-hybridized carbons (Fsp3) is 0.216. The van der Waals surface area contributed by atoms with Crippen LogP contribution < -0.4 is 22.8 Å². The predicted molar refractivity (Wildman–Crippen MR) is 471 cm³/mol. The van der Waals surface area contributed by atoms with Gasteiger partial charge in [0.15, 0.2) is 58.9 Å². The molecule has 15 aromatic heterocycles. The van der Waals surface area contributed by atoms with Gasteiger partial charge in [0.05, 0.1) is 49.4 Å². The fourth-order valence-corrected chi connectivity index (χ4v) is 16.8. The molecule has 624 valence electrons. The highest BCUT2D eigenvalue weighted by Gasteiger charge is 2.31. The van der Waals surface area contributed by atoms with Crippen LogP contribution >= 0.6 is 0 Å². The Bertz CT molecular complexity index is 7700. The molecule has 0 N–H and O–H groups in total. The quantitative estimate of drug-likeness (QED) is 0.0926. The second-order valence-corrected chi connectivity index (χ2v) is 33.0. The topological polar surface area (TPSA) is 150 Å². The number of hydrogen-bond donors (Lipinski definition) is 0. The number of pyridine rings is 10. The first-order valence-corrected chi connectivity index (χ1v) is 40.6. The Morgan fingerprint density at radius 3 is 0.927 bits per heavy atom. The zero-order chi connectivity index (χ0) is 88.5. The maximum Gasteiger partial charge on any atom is 0.232 e. The molecule has 15 nitrogen and oxygen atoms in total. The number of hydrogen-bond acceptors (Lipinski definition) is 10. The minimum atomic E-state index is -0.890. The van der Waals surface area contributed by atoms with Crippen molar-refractivity contribution in [2.75, 3.05) is 0 Å². The average molecular weight is 1670 g/mol. The van der Waals surface area contributed by atoms with E-state index in [-0.39, 0.29) is 16.8 Å². The van der Waals surface area contributed by atoms with Gasteiger partial charge in [-0.25, -0.2) is 31.6 Å². The lowest BCUT2D eigenvalue weighted by atomic mass is 9.98. The summed E-state index contributed by atoms with van der Waals surface area (Å²) in [5.74, 6) is -4.13. The van der Waals surface area contributed by atoms with Crippen LogP contribution in [0.3, 0.4) is 0 Å². The van der Waals surface area contributed by atoms with Crippen LogP contribution in [-0.2, 0) is 35.2 Å². The third-order valence-corrected chi connectivity index (χ3v) is 24.1. The van der Waals surface area contributed by atoms with Crippen molar-refractivity contribution in [1.29, 1.82) is 0 Å². The van der Waals surface area contributed by atoms with Crippen LogP contribution in [0, 0.1) is 159 Å². The first-order chi connectivity index (χ1) is 58.9. The highest BCUT2D eigenvalue weighted by Crippen LogP contribution is 2.44. The average Bonchev–Trinajstić information content (AvgIpc) is 1.61. The van der Waals surface area contributed by atoms with Gasteiger partial charge in [-0.15, -0.1) is 0 Å². The summed E-state index contributed by atoms with van der Waals surface area (Å²) >= 11 is 0. The normalized spacial score (nSPS) is 11.6. The molecule has 0 unspecified atom stereocenters. The van der Waals surface area contributed by atoms with E-state index in [0.29, 0.717) is 50.0 Å². The van der Waals surface area contributed by atoms with Gasteiger partial charge in [-0.1, -0.05) is 48.5 Å². The largest absolute Gasteiger partial charge is 0.437 e. The van der Waals surface area contributed by atoms with Crippen molar-refractivity contribution in [1.82, 2.24) is 24.9 Å². The van der Waals surface area contributed by atoms with Crippen molar-refractivity contribution >= 4 is 110 Å². The number of halogens is 7. The third kappa shape index (κ3) is 14.9. The Kier molecular flexibility index (Phi) is 21.7. The van der Waals surface area contributed by atoms with Crippen molar-refractivity contribution in [3.8, 4) is 56.3 Å². The van der Waals surface area contributed by atoms with E-state index in [1.54, 1.807) is 19.1 Å². The van der Waals surface area contributed by atoms with E-state index < -0.39 is 41.4 Å². The molecule has 0 saturated carbocycles. The van der Waals surface area contributed by atoms with Gasteiger partial charge in [0.25, 0.3) is 0 Å². The van der Waals surface area contributed by atoms with Crippen molar-refractivity contribution < 1.29 is 75.7 Å². The van der Waals surface area contributed by atoms with E-state index in [0.717, 1.165) is 161 Å². The molecule has 20 rings (SSSR count). The number of aromatic nitrogens is 10. The lowest BCUT2D eigenvalue weighted by Gasteiger charge is -2.08. The summed E-state index contributed by atoms with van der Waals surface area (Å²) in [5, 5.41) is 7.07. The van der Waals surface area contributed by atoms with Crippen molar-refractivity contribution in [3.63, 3.8) is 0 Å². The molecule has 0 aliphatic rings. The minimum Gasteiger partial charge on any atom is -0.437 e. The summed E-state index contributed by atoms with van der Waals surface area (Å²) in [7, 11) is 10.00. The molecule has 20 aromatic rings. The standard InChI is InChI=1S/2C21H20FN2O.2C20H17F2N2O.C20H18FN2O/c1-11-6-7-15-16-8-13(3)20(22)23-21(16)25-19(15)18(11)17-9-12(2)14(4)10-24(17)5;1-11-6-7-15-18-13(3)9-17(22)23-21(18)25-20(15)19(11)16-8-12(2)14(4)10-24(16)5;1-10-8-15(24(4)9-12(10)3)17-11(2)7-14(21)18-13-5-6-16(22)23-20(13)25-19(17)18;1-10-5-6-13-18-14(21)8-16(22)23-20(18)25-19(13)17(10)15-7-11(2)12(3)9-24(15)4;1-11-5-6-14-15-7-8-17(21)22-20(15)24-19(14)18(11)16-9-12(2)13(3)10-23(16)4/h2*6-10H,1-5H3;2*5-9H,1-4H3;5-10H,1-4H3/q5*+1. The molecule has 0 aliphatic carbocycles. The Morgan fingerprint density at radius 1 is 0.210 bits per heavy atom. The number of fused-ring (bicyclic) bond motifs is 15. The Hall–Kier alpha value is -13.9. The summed E-state index contributed by atoms with van der Waals surface area (Å²) in [6.45, 7) is 34.4. The van der Waals surface area contributed by atoms with Gasteiger partial charge in [-0.2, -0.15) is 46.9 Å². The van der Waals surface area contributed by atoms with Crippen LogP contribution in [0.25, 0.3) is 167 Å². The minimum absolute atomic E-state index is 0.0224. The summed E-state index contributed by atoms with van der Waals surface area (Å²) < 4.78 is 137. The zero-order valence-corrected chi connectivity index (χ0v) is 73.2. The Morgan fingerprint density at radius 2 is 0.508 bits per heavy atom. The zero-order valence-electron chi connectivity index (χ0n) is 73.2. The van der Waals surface area contributed by atoms with Crippen molar-refractivity contribution in [2.24, 2.45) is 35.2 Å². The van der Waals surface area contributed by atoms with Crippen molar-refractivity contribution in [3.05, 3.63) is 294 Å². The molecule has 0 saturated heterocycles. The molecule has 0 spiro atoms. The van der Waals surface area contributed by atoms with E-state index in [1.165, 1.54) is 69.3 Å². The summed E-state index contributed by atoms with van der Waals surface area (Å²) in [4.78, 5) is 19.3. The summed E-state index contributed by atoms with van der Waals surface area (Å²) in [5.41, 5.74) is 32.5. The molecule has 0 amide bonds. The van der Waals surface area contributed by atoms with Gasteiger partial charge in [-0.3, -0.25) is 0 Å². The number of furan rings is 5. The molecular formula is C102H92F7N10O5+5. The van der Waals surface area contributed by atoms with Gasteiger partial charge in [0.1, 0.15) is 46.9 Å². The number of rotatable bonds is 5. The lowest BCUT2D eigenvalue weighted by molar-refractivity contribution is -0.660. The molecule has 15 heterocycles. The van der Waals surface area contributed by atoms with E-state index in [2.05, 4.69) is 175 Å². The molecule has 0 atom stereocenters. The van der Waals surface area contributed by atoms with Crippen LogP contribution in [0.4, 0.5) is 30.7 Å². The smallest absolute Gasteiger partial charge is 0.232 e. The predicted octanol–water partition coefficient (Wildman–Crippen LogP) is 23.6. The highest BCUT2D eigenvalue weighted by molar-refractivity contribution is 6.13.